The molecule has 3 aromatic rings. The van der Waals surface area contributed by atoms with Gasteiger partial charge in [0.2, 0.25) is 0 Å². The number of rotatable bonds is 3. The Kier molecular flexibility index (Phi) is 3.15. The lowest BCUT2D eigenvalue weighted by atomic mass is 10.2. The van der Waals surface area contributed by atoms with Crippen molar-refractivity contribution in [3.8, 4) is 11.4 Å². The van der Waals surface area contributed by atoms with E-state index in [-0.39, 0.29) is 0 Å². The molecule has 2 nitrogen and oxygen atoms in total. The number of aryl methyl sites for hydroxylation is 1. The van der Waals surface area contributed by atoms with Gasteiger partial charge < -0.3 is 4.57 Å². The van der Waals surface area contributed by atoms with Gasteiger partial charge in [-0.3, -0.25) is 4.98 Å². The van der Waals surface area contributed by atoms with Crippen molar-refractivity contribution in [2.75, 3.05) is 0 Å². The summed E-state index contributed by atoms with van der Waals surface area (Å²) in [5.74, 6) is 0. The Labute approximate surface area is 113 Å². The predicted octanol–water partition coefficient (Wildman–Crippen LogP) is 3.91. The average molecular weight is 248 g/mol. The van der Waals surface area contributed by atoms with Gasteiger partial charge in [-0.15, -0.1) is 0 Å². The van der Waals surface area contributed by atoms with Crippen molar-refractivity contribution < 1.29 is 0 Å². The van der Waals surface area contributed by atoms with Crippen LogP contribution in [0.15, 0.2) is 67.0 Å². The maximum atomic E-state index is 4.44. The van der Waals surface area contributed by atoms with Crippen LogP contribution < -0.4 is 0 Å². The first-order chi connectivity index (χ1) is 9.33. The standard InChI is InChI=1S/C17H16N2/c1-14-11-17(16-9-5-6-10-18-16)19(12-14)13-15-7-3-2-4-8-15/h2-12H,13H2,1H3. The summed E-state index contributed by atoms with van der Waals surface area (Å²) in [7, 11) is 0. The lowest BCUT2D eigenvalue weighted by molar-refractivity contribution is 0.809. The second-order valence-corrected chi connectivity index (χ2v) is 4.73. The van der Waals surface area contributed by atoms with Crippen molar-refractivity contribution in [1.82, 2.24) is 9.55 Å². The van der Waals surface area contributed by atoms with E-state index in [9.17, 15) is 0 Å². The number of pyridine rings is 1. The van der Waals surface area contributed by atoms with Crippen molar-refractivity contribution in [3.63, 3.8) is 0 Å². The van der Waals surface area contributed by atoms with Gasteiger partial charge in [-0.2, -0.15) is 0 Å². The summed E-state index contributed by atoms with van der Waals surface area (Å²) in [6.45, 7) is 2.99. The minimum absolute atomic E-state index is 0.876. The quantitative estimate of drug-likeness (QED) is 0.687. The fourth-order valence-electron chi connectivity index (χ4n) is 2.30. The molecule has 0 spiro atoms. The van der Waals surface area contributed by atoms with E-state index in [4.69, 9.17) is 0 Å². The Morgan fingerprint density at radius 3 is 2.53 bits per heavy atom. The third-order valence-corrected chi connectivity index (χ3v) is 3.16. The Morgan fingerprint density at radius 2 is 1.79 bits per heavy atom. The first kappa shape index (κ1) is 11.7. The highest BCUT2D eigenvalue weighted by Gasteiger charge is 2.07. The van der Waals surface area contributed by atoms with Gasteiger partial charge in [0.15, 0.2) is 0 Å². The molecule has 0 bridgehead atoms. The molecule has 0 saturated carbocycles. The molecule has 0 aliphatic rings. The molecule has 19 heavy (non-hydrogen) atoms. The molecule has 2 heteroatoms. The molecule has 2 aromatic heterocycles. The van der Waals surface area contributed by atoms with Crippen LogP contribution in [0.3, 0.4) is 0 Å². The SMILES string of the molecule is Cc1cc(-c2ccccn2)n(Cc2ccccc2)c1. The summed E-state index contributed by atoms with van der Waals surface area (Å²) in [5.41, 5.74) is 4.75. The van der Waals surface area contributed by atoms with Gasteiger partial charge in [-0.1, -0.05) is 36.4 Å². The van der Waals surface area contributed by atoms with Gasteiger partial charge in [0, 0.05) is 18.9 Å². The minimum Gasteiger partial charge on any atom is -0.342 e. The molecular weight excluding hydrogens is 232 g/mol. The molecule has 0 saturated heterocycles. The molecule has 1 aromatic carbocycles. The van der Waals surface area contributed by atoms with Gasteiger partial charge in [-0.05, 0) is 36.2 Å². The van der Waals surface area contributed by atoms with Crippen molar-refractivity contribution in [1.29, 1.82) is 0 Å². The molecule has 2 heterocycles. The zero-order chi connectivity index (χ0) is 13.1. The van der Waals surface area contributed by atoms with E-state index in [0.717, 1.165) is 12.2 Å². The van der Waals surface area contributed by atoms with Gasteiger partial charge in [-0.25, -0.2) is 0 Å². The number of aromatic nitrogens is 2. The molecule has 0 N–H and O–H groups in total. The van der Waals surface area contributed by atoms with Crippen LogP contribution in [0.4, 0.5) is 0 Å². The highest BCUT2D eigenvalue weighted by Crippen LogP contribution is 2.21. The normalized spacial score (nSPS) is 10.6. The maximum Gasteiger partial charge on any atom is 0.0866 e. The summed E-state index contributed by atoms with van der Waals surface area (Å²) >= 11 is 0. The van der Waals surface area contributed by atoms with E-state index in [2.05, 4.69) is 59.1 Å². The van der Waals surface area contributed by atoms with Gasteiger partial charge in [0.25, 0.3) is 0 Å². The van der Waals surface area contributed by atoms with Gasteiger partial charge >= 0.3 is 0 Å². The molecule has 94 valence electrons. The van der Waals surface area contributed by atoms with Crippen LogP contribution in [-0.4, -0.2) is 9.55 Å². The van der Waals surface area contributed by atoms with Crippen LogP contribution in [0.1, 0.15) is 11.1 Å². The van der Waals surface area contributed by atoms with Crippen LogP contribution in [0, 0.1) is 6.92 Å². The monoisotopic (exact) mass is 248 g/mol. The van der Waals surface area contributed by atoms with E-state index in [1.165, 1.54) is 16.8 Å². The van der Waals surface area contributed by atoms with Crippen molar-refractivity contribution in [2.45, 2.75) is 13.5 Å². The van der Waals surface area contributed by atoms with Crippen molar-refractivity contribution in [2.24, 2.45) is 0 Å². The highest BCUT2D eigenvalue weighted by molar-refractivity contribution is 5.56. The topological polar surface area (TPSA) is 17.8 Å². The predicted molar refractivity (Wildman–Crippen MR) is 77.9 cm³/mol. The second kappa shape index (κ2) is 5.11. The second-order valence-electron chi connectivity index (χ2n) is 4.73. The number of hydrogen-bond donors (Lipinski definition) is 0. The maximum absolute atomic E-state index is 4.44. The lowest BCUT2D eigenvalue weighted by Crippen LogP contribution is -2.00. The number of nitrogens with zero attached hydrogens (tertiary/aromatic N) is 2. The smallest absolute Gasteiger partial charge is 0.0866 e. The van der Waals surface area contributed by atoms with Gasteiger partial charge in [0.1, 0.15) is 0 Å². The van der Waals surface area contributed by atoms with Crippen molar-refractivity contribution >= 4 is 0 Å². The first-order valence-corrected chi connectivity index (χ1v) is 6.45. The molecule has 0 amide bonds. The molecule has 0 fully saturated rings. The zero-order valence-electron chi connectivity index (χ0n) is 11.0. The van der Waals surface area contributed by atoms with E-state index < -0.39 is 0 Å². The Balaban J connectivity index is 1.99. The van der Waals surface area contributed by atoms with Crippen LogP contribution in [0.2, 0.25) is 0 Å². The zero-order valence-corrected chi connectivity index (χ0v) is 11.0. The van der Waals surface area contributed by atoms with E-state index in [0.29, 0.717) is 0 Å². The van der Waals surface area contributed by atoms with Crippen LogP contribution in [0.5, 0.6) is 0 Å². The minimum atomic E-state index is 0.876. The Hall–Kier alpha value is -2.35. The molecule has 0 atom stereocenters. The fourth-order valence-corrected chi connectivity index (χ4v) is 2.30. The third kappa shape index (κ3) is 2.58. The third-order valence-electron chi connectivity index (χ3n) is 3.16. The summed E-state index contributed by atoms with van der Waals surface area (Å²) < 4.78 is 2.26. The highest BCUT2D eigenvalue weighted by atomic mass is 15.0. The Bertz CT molecular complexity index is 654. The molecule has 0 radical (unpaired) electrons. The summed E-state index contributed by atoms with van der Waals surface area (Å²) in [6, 6.07) is 18.7. The lowest BCUT2D eigenvalue weighted by Gasteiger charge is -2.08. The summed E-state index contributed by atoms with van der Waals surface area (Å²) in [6.07, 6.45) is 4.02. The number of hydrogen-bond acceptors (Lipinski definition) is 1. The van der Waals surface area contributed by atoms with Crippen LogP contribution in [0.25, 0.3) is 11.4 Å². The molecule has 3 rings (SSSR count). The Morgan fingerprint density at radius 1 is 1.00 bits per heavy atom. The van der Waals surface area contributed by atoms with E-state index in [1.54, 1.807) is 0 Å². The van der Waals surface area contributed by atoms with Crippen LogP contribution >= 0.6 is 0 Å². The number of benzene rings is 1. The largest absolute Gasteiger partial charge is 0.342 e. The first-order valence-electron chi connectivity index (χ1n) is 6.45. The average Bonchev–Trinajstić information content (AvgIpc) is 2.82. The van der Waals surface area contributed by atoms with Crippen LogP contribution in [-0.2, 0) is 6.54 Å². The summed E-state index contributed by atoms with van der Waals surface area (Å²) in [5, 5.41) is 0. The van der Waals surface area contributed by atoms with Gasteiger partial charge in [0.05, 0.1) is 11.4 Å². The van der Waals surface area contributed by atoms with E-state index >= 15 is 0 Å². The molecular formula is C17H16N2. The van der Waals surface area contributed by atoms with Crippen molar-refractivity contribution in [3.05, 3.63) is 78.1 Å². The summed E-state index contributed by atoms with van der Waals surface area (Å²) in [4.78, 5) is 4.44. The molecule has 0 unspecified atom stereocenters. The fraction of sp³-hybridized carbons (Fsp3) is 0.118. The molecule has 0 aliphatic carbocycles. The van der Waals surface area contributed by atoms with E-state index in [1.807, 2.05) is 24.4 Å². The molecule has 0 aliphatic heterocycles.